The lowest BCUT2D eigenvalue weighted by Crippen LogP contribution is -1.97. The quantitative estimate of drug-likeness (QED) is 0.921. The average molecular weight is 274 g/mol. The molecule has 0 heterocycles. The summed E-state index contributed by atoms with van der Waals surface area (Å²) in [5.74, 6) is 0.822. The van der Waals surface area contributed by atoms with Gasteiger partial charge in [0.15, 0.2) is 0 Å². The van der Waals surface area contributed by atoms with E-state index in [-0.39, 0.29) is 0 Å². The van der Waals surface area contributed by atoms with Gasteiger partial charge in [-0.1, -0.05) is 41.9 Å². The Labute approximate surface area is 118 Å². The summed E-state index contributed by atoms with van der Waals surface area (Å²) in [4.78, 5) is 0. The van der Waals surface area contributed by atoms with Crippen LogP contribution in [0.25, 0.3) is 5.57 Å². The summed E-state index contributed by atoms with van der Waals surface area (Å²) in [7, 11) is 1.66. The first-order chi connectivity index (χ1) is 9.24. The molecular weight excluding hydrogens is 258 g/mol. The van der Waals surface area contributed by atoms with Crippen molar-refractivity contribution in [3.8, 4) is 5.75 Å². The number of nitrogens with two attached hydrogens (primary N) is 1. The molecule has 2 nitrogen and oxygen atoms in total. The van der Waals surface area contributed by atoms with E-state index in [9.17, 15) is 0 Å². The Morgan fingerprint density at radius 2 is 1.84 bits per heavy atom. The highest BCUT2D eigenvalue weighted by atomic mass is 35.5. The first-order valence-corrected chi connectivity index (χ1v) is 6.43. The van der Waals surface area contributed by atoms with Gasteiger partial charge in [-0.25, -0.2) is 0 Å². The summed E-state index contributed by atoms with van der Waals surface area (Å²) in [6.45, 7) is 0.471. The molecule has 2 N–H and O–H groups in total. The van der Waals surface area contributed by atoms with Crippen molar-refractivity contribution in [1.29, 1.82) is 0 Å². The smallest absolute Gasteiger partial charge is 0.119 e. The molecule has 2 aromatic rings. The molecule has 0 unspecified atom stereocenters. The van der Waals surface area contributed by atoms with Gasteiger partial charge in [-0.2, -0.15) is 0 Å². The molecule has 0 bridgehead atoms. The third kappa shape index (κ3) is 3.37. The van der Waals surface area contributed by atoms with E-state index in [1.165, 1.54) is 0 Å². The molecule has 0 saturated heterocycles. The Morgan fingerprint density at radius 3 is 2.47 bits per heavy atom. The van der Waals surface area contributed by atoms with E-state index in [0.717, 1.165) is 22.4 Å². The monoisotopic (exact) mass is 273 g/mol. The molecule has 0 aromatic heterocycles. The molecule has 2 aromatic carbocycles. The second-order valence-electron chi connectivity index (χ2n) is 4.10. The van der Waals surface area contributed by atoms with Gasteiger partial charge >= 0.3 is 0 Å². The average Bonchev–Trinajstić information content (AvgIpc) is 2.45. The van der Waals surface area contributed by atoms with Gasteiger partial charge in [0.25, 0.3) is 0 Å². The van der Waals surface area contributed by atoms with Gasteiger partial charge in [-0.3, -0.25) is 0 Å². The highest BCUT2D eigenvalue weighted by Crippen LogP contribution is 2.27. The zero-order chi connectivity index (χ0) is 13.7. The van der Waals surface area contributed by atoms with Crippen molar-refractivity contribution in [1.82, 2.24) is 0 Å². The molecule has 19 heavy (non-hydrogen) atoms. The lowest BCUT2D eigenvalue weighted by molar-refractivity contribution is 0.414. The molecule has 3 heteroatoms. The highest BCUT2D eigenvalue weighted by Gasteiger charge is 2.06. The number of hydrogen-bond acceptors (Lipinski definition) is 2. The third-order valence-corrected chi connectivity index (χ3v) is 3.07. The fourth-order valence-corrected chi connectivity index (χ4v) is 2.16. The fourth-order valence-electron chi connectivity index (χ4n) is 1.97. The summed E-state index contributed by atoms with van der Waals surface area (Å²) in [6.07, 6.45) is 1.99. The molecule has 0 amide bonds. The van der Waals surface area contributed by atoms with Crippen LogP contribution in [0.15, 0.2) is 54.6 Å². The van der Waals surface area contributed by atoms with Crippen molar-refractivity contribution in [3.63, 3.8) is 0 Å². The van der Waals surface area contributed by atoms with Crippen LogP contribution in [0.2, 0.25) is 5.02 Å². The molecule has 0 spiro atoms. The minimum Gasteiger partial charge on any atom is -0.497 e. The van der Waals surface area contributed by atoms with E-state index in [2.05, 4.69) is 0 Å². The normalized spacial score (nSPS) is 11.4. The number of benzene rings is 2. The van der Waals surface area contributed by atoms with Crippen molar-refractivity contribution < 1.29 is 4.74 Å². The summed E-state index contributed by atoms with van der Waals surface area (Å²) in [5.41, 5.74) is 8.84. The van der Waals surface area contributed by atoms with E-state index < -0.39 is 0 Å². The molecule has 0 aliphatic heterocycles. The van der Waals surface area contributed by atoms with Crippen LogP contribution in [0, 0.1) is 0 Å². The molecule has 0 atom stereocenters. The van der Waals surface area contributed by atoms with Gasteiger partial charge in [0, 0.05) is 11.6 Å². The first-order valence-electron chi connectivity index (χ1n) is 6.05. The van der Waals surface area contributed by atoms with Crippen LogP contribution in [0.4, 0.5) is 0 Å². The Morgan fingerprint density at radius 1 is 1.16 bits per heavy atom. The molecule has 0 radical (unpaired) electrons. The third-order valence-electron chi connectivity index (χ3n) is 2.84. The second-order valence-corrected chi connectivity index (χ2v) is 4.53. The number of methoxy groups -OCH3 is 1. The van der Waals surface area contributed by atoms with Gasteiger partial charge in [0.1, 0.15) is 5.75 Å². The maximum Gasteiger partial charge on any atom is 0.119 e. The largest absolute Gasteiger partial charge is 0.497 e. The van der Waals surface area contributed by atoms with Crippen LogP contribution in [0.5, 0.6) is 5.75 Å². The molecule has 0 saturated carbocycles. The number of ether oxygens (including phenoxy) is 1. The number of hydrogen-bond donors (Lipinski definition) is 1. The highest BCUT2D eigenvalue weighted by molar-refractivity contribution is 6.30. The topological polar surface area (TPSA) is 35.2 Å². The van der Waals surface area contributed by atoms with E-state index >= 15 is 0 Å². The van der Waals surface area contributed by atoms with Gasteiger partial charge in [0.2, 0.25) is 0 Å². The molecule has 0 aliphatic rings. The molecule has 98 valence electrons. The van der Waals surface area contributed by atoms with E-state index in [4.69, 9.17) is 22.1 Å². The predicted octanol–water partition coefficient (Wildman–Crippen LogP) is 3.74. The summed E-state index contributed by atoms with van der Waals surface area (Å²) in [5, 5.41) is 0.711. The van der Waals surface area contributed by atoms with Crippen molar-refractivity contribution in [2.75, 3.05) is 13.7 Å². The Balaban J connectivity index is 2.48. The molecule has 0 aliphatic carbocycles. The van der Waals surface area contributed by atoms with Crippen LogP contribution in [0.3, 0.4) is 0 Å². The lowest BCUT2D eigenvalue weighted by atomic mass is 9.97. The lowest BCUT2D eigenvalue weighted by Gasteiger charge is -2.10. The Hall–Kier alpha value is -1.77. The standard InChI is InChI=1S/C16H16ClNO/c1-19-15-7-3-5-13(11-15)16(8-9-18)12-4-2-6-14(17)10-12/h2-8,10-11H,9,18H2,1H3. The van der Waals surface area contributed by atoms with Gasteiger partial charge in [-0.15, -0.1) is 0 Å². The van der Waals surface area contributed by atoms with Crippen molar-refractivity contribution in [2.45, 2.75) is 0 Å². The molecular formula is C16H16ClNO. The molecule has 0 fully saturated rings. The van der Waals surface area contributed by atoms with E-state index in [0.29, 0.717) is 11.6 Å². The predicted molar refractivity (Wildman–Crippen MR) is 80.6 cm³/mol. The Kier molecular flexibility index (Phi) is 4.61. The number of halogens is 1. The second kappa shape index (κ2) is 6.41. The maximum absolute atomic E-state index is 6.05. The minimum absolute atomic E-state index is 0.471. The fraction of sp³-hybridized carbons (Fsp3) is 0.125. The number of rotatable bonds is 4. The van der Waals surface area contributed by atoms with Crippen molar-refractivity contribution in [3.05, 3.63) is 70.8 Å². The van der Waals surface area contributed by atoms with Crippen LogP contribution in [0.1, 0.15) is 11.1 Å². The summed E-state index contributed by atoms with van der Waals surface area (Å²) >= 11 is 6.05. The van der Waals surface area contributed by atoms with Gasteiger partial charge in [-0.05, 0) is 41.0 Å². The van der Waals surface area contributed by atoms with Gasteiger partial charge < -0.3 is 10.5 Å². The van der Waals surface area contributed by atoms with Crippen LogP contribution in [-0.2, 0) is 0 Å². The SMILES string of the molecule is COc1cccc(C(=CCN)c2cccc(Cl)c2)c1. The summed E-state index contributed by atoms with van der Waals surface area (Å²) in [6, 6.07) is 15.6. The first kappa shape index (κ1) is 13.7. The summed E-state index contributed by atoms with van der Waals surface area (Å²) < 4.78 is 5.26. The zero-order valence-electron chi connectivity index (χ0n) is 10.8. The van der Waals surface area contributed by atoms with E-state index in [1.54, 1.807) is 7.11 Å². The van der Waals surface area contributed by atoms with E-state index in [1.807, 2.05) is 54.6 Å². The van der Waals surface area contributed by atoms with Crippen LogP contribution in [-0.4, -0.2) is 13.7 Å². The Bertz CT molecular complexity index is 593. The van der Waals surface area contributed by atoms with Gasteiger partial charge in [0.05, 0.1) is 7.11 Å². The van der Waals surface area contributed by atoms with Crippen LogP contribution >= 0.6 is 11.6 Å². The maximum atomic E-state index is 6.05. The zero-order valence-corrected chi connectivity index (χ0v) is 11.5. The van der Waals surface area contributed by atoms with Crippen molar-refractivity contribution >= 4 is 17.2 Å². The minimum atomic E-state index is 0.471. The molecule has 2 rings (SSSR count). The van der Waals surface area contributed by atoms with Crippen molar-refractivity contribution in [2.24, 2.45) is 5.73 Å². The van der Waals surface area contributed by atoms with Crippen LogP contribution < -0.4 is 10.5 Å².